The standard InChI is InChI=1S/C21H32O6/c1-5-18(11-8-10-16(3)19(22)23)21(26)27-14-7-6-9-15(2)12-13-17(4)20(24)25/h5,10,13,15H,6-9,11-12,14H2,1-4H3,(H,22,23)(H,24,25). The second-order valence-electron chi connectivity index (χ2n) is 6.71. The molecule has 0 aliphatic heterocycles. The lowest BCUT2D eigenvalue weighted by Gasteiger charge is -2.10. The van der Waals surface area contributed by atoms with Crippen LogP contribution < -0.4 is 0 Å². The average Bonchev–Trinajstić information content (AvgIpc) is 2.62. The summed E-state index contributed by atoms with van der Waals surface area (Å²) in [5, 5.41) is 17.6. The highest BCUT2D eigenvalue weighted by Crippen LogP contribution is 2.15. The minimum Gasteiger partial charge on any atom is -0.478 e. The predicted molar refractivity (Wildman–Crippen MR) is 104 cm³/mol. The largest absolute Gasteiger partial charge is 0.478 e. The number of allylic oxidation sites excluding steroid dienone is 3. The molecule has 1 atom stereocenters. The lowest BCUT2D eigenvalue weighted by Crippen LogP contribution is -2.09. The molecule has 0 rings (SSSR count). The van der Waals surface area contributed by atoms with Crippen LogP contribution in [0.25, 0.3) is 0 Å². The normalized spacial score (nSPS) is 14.0. The molecular weight excluding hydrogens is 348 g/mol. The first-order valence-corrected chi connectivity index (χ1v) is 9.31. The number of carboxylic acid groups (broad SMARTS) is 2. The summed E-state index contributed by atoms with van der Waals surface area (Å²) in [6.07, 6.45) is 9.30. The number of carboxylic acids is 2. The molecule has 2 N–H and O–H groups in total. The number of carbonyl (C=O) groups is 3. The van der Waals surface area contributed by atoms with E-state index in [1.54, 1.807) is 32.1 Å². The molecule has 6 nitrogen and oxygen atoms in total. The summed E-state index contributed by atoms with van der Waals surface area (Å²) in [6, 6.07) is 0. The molecule has 27 heavy (non-hydrogen) atoms. The highest BCUT2D eigenvalue weighted by molar-refractivity contribution is 5.88. The number of ether oxygens (including phenoxy) is 1. The Hall–Kier alpha value is -2.37. The van der Waals surface area contributed by atoms with E-state index < -0.39 is 11.9 Å². The average molecular weight is 380 g/mol. The molecule has 0 aliphatic rings. The maximum absolute atomic E-state index is 12.0. The second-order valence-corrected chi connectivity index (χ2v) is 6.71. The van der Waals surface area contributed by atoms with Gasteiger partial charge in [0.25, 0.3) is 0 Å². The van der Waals surface area contributed by atoms with E-state index in [1.807, 2.05) is 0 Å². The number of rotatable bonds is 13. The number of unbranched alkanes of at least 4 members (excludes halogenated alkanes) is 1. The van der Waals surface area contributed by atoms with E-state index in [2.05, 4.69) is 6.92 Å². The van der Waals surface area contributed by atoms with Gasteiger partial charge in [-0.1, -0.05) is 31.6 Å². The van der Waals surface area contributed by atoms with Crippen LogP contribution in [0.5, 0.6) is 0 Å². The van der Waals surface area contributed by atoms with Crippen LogP contribution in [-0.4, -0.2) is 34.7 Å². The Morgan fingerprint density at radius 1 is 1.00 bits per heavy atom. The van der Waals surface area contributed by atoms with Crippen LogP contribution in [0.2, 0.25) is 0 Å². The van der Waals surface area contributed by atoms with E-state index >= 15 is 0 Å². The van der Waals surface area contributed by atoms with E-state index in [-0.39, 0.29) is 11.5 Å². The molecule has 0 amide bonds. The fourth-order valence-electron chi connectivity index (χ4n) is 2.33. The molecule has 0 aromatic heterocycles. The van der Waals surface area contributed by atoms with Gasteiger partial charge in [-0.2, -0.15) is 0 Å². The highest BCUT2D eigenvalue weighted by Gasteiger charge is 2.10. The molecule has 0 radical (unpaired) electrons. The third kappa shape index (κ3) is 11.8. The summed E-state index contributed by atoms with van der Waals surface area (Å²) >= 11 is 0. The Morgan fingerprint density at radius 3 is 2.15 bits per heavy atom. The van der Waals surface area contributed by atoms with E-state index in [4.69, 9.17) is 14.9 Å². The smallest absolute Gasteiger partial charge is 0.333 e. The molecule has 0 spiro atoms. The van der Waals surface area contributed by atoms with Gasteiger partial charge >= 0.3 is 17.9 Å². The van der Waals surface area contributed by atoms with Gasteiger partial charge in [-0.3, -0.25) is 0 Å². The monoisotopic (exact) mass is 380 g/mol. The number of hydrogen-bond acceptors (Lipinski definition) is 4. The van der Waals surface area contributed by atoms with Gasteiger partial charge in [0.1, 0.15) is 0 Å². The van der Waals surface area contributed by atoms with Crippen molar-refractivity contribution in [3.8, 4) is 0 Å². The van der Waals surface area contributed by atoms with Crippen LogP contribution in [0.15, 0.2) is 34.9 Å². The van der Waals surface area contributed by atoms with E-state index in [0.29, 0.717) is 36.5 Å². The molecule has 0 bridgehead atoms. The highest BCUT2D eigenvalue weighted by atomic mass is 16.5. The maximum atomic E-state index is 12.0. The van der Waals surface area contributed by atoms with Gasteiger partial charge in [0, 0.05) is 16.7 Å². The van der Waals surface area contributed by atoms with Crippen LogP contribution in [-0.2, 0) is 19.1 Å². The number of esters is 1. The quantitative estimate of drug-likeness (QED) is 0.277. The Kier molecular flexibility index (Phi) is 12.6. The summed E-state index contributed by atoms with van der Waals surface area (Å²) in [6.45, 7) is 7.29. The predicted octanol–water partition coefficient (Wildman–Crippen LogP) is 4.51. The van der Waals surface area contributed by atoms with Gasteiger partial charge in [0.05, 0.1) is 6.61 Å². The molecule has 0 fully saturated rings. The van der Waals surface area contributed by atoms with Crippen molar-refractivity contribution in [3.05, 3.63) is 34.9 Å². The SMILES string of the molecule is CC=C(CCC=C(C)C(=O)O)C(=O)OCCCCC(C)CC=C(C)C(=O)O. The molecule has 6 heteroatoms. The van der Waals surface area contributed by atoms with Gasteiger partial charge in [-0.15, -0.1) is 0 Å². The van der Waals surface area contributed by atoms with Crippen molar-refractivity contribution >= 4 is 17.9 Å². The first kappa shape index (κ1) is 24.6. The maximum Gasteiger partial charge on any atom is 0.333 e. The number of carbonyl (C=O) groups excluding carboxylic acids is 1. The van der Waals surface area contributed by atoms with Gasteiger partial charge in [-0.25, -0.2) is 14.4 Å². The van der Waals surface area contributed by atoms with Crippen LogP contribution in [0.1, 0.15) is 66.2 Å². The summed E-state index contributed by atoms with van der Waals surface area (Å²) in [4.78, 5) is 33.5. The lowest BCUT2D eigenvalue weighted by atomic mass is 9.99. The molecular formula is C21H32O6. The van der Waals surface area contributed by atoms with Gasteiger partial charge in [0.2, 0.25) is 0 Å². The minimum atomic E-state index is -0.956. The molecule has 0 aromatic rings. The summed E-state index contributed by atoms with van der Waals surface area (Å²) < 4.78 is 5.28. The van der Waals surface area contributed by atoms with Crippen molar-refractivity contribution in [1.29, 1.82) is 0 Å². The van der Waals surface area contributed by atoms with Crippen LogP contribution in [0, 0.1) is 5.92 Å². The topological polar surface area (TPSA) is 101 Å². The fourth-order valence-corrected chi connectivity index (χ4v) is 2.33. The second kappa shape index (κ2) is 13.8. The molecule has 152 valence electrons. The van der Waals surface area contributed by atoms with Gasteiger partial charge in [0.15, 0.2) is 0 Å². The zero-order valence-electron chi connectivity index (χ0n) is 16.8. The van der Waals surface area contributed by atoms with Crippen molar-refractivity contribution < 1.29 is 29.3 Å². The van der Waals surface area contributed by atoms with Crippen molar-refractivity contribution in [2.24, 2.45) is 5.92 Å². The summed E-state index contributed by atoms with van der Waals surface area (Å²) in [5.74, 6) is -1.82. The van der Waals surface area contributed by atoms with Crippen molar-refractivity contribution in [1.82, 2.24) is 0 Å². The first-order valence-electron chi connectivity index (χ1n) is 9.31. The van der Waals surface area contributed by atoms with E-state index in [1.165, 1.54) is 6.92 Å². The van der Waals surface area contributed by atoms with Crippen LogP contribution in [0.3, 0.4) is 0 Å². The van der Waals surface area contributed by atoms with Crippen LogP contribution in [0.4, 0.5) is 0 Å². The zero-order chi connectivity index (χ0) is 20.8. The Labute approximate surface area is 161 Å². The summed E-state index contributed by atoms with van der Waals surface area (Å²) in [7, 11) is 0. The van der Waals surface area contributed by atoms with Crippen LogP contribution >= 0.6 is 0 Å². The molecule has 0 saturated carbocycles. The molecule has 0 heterocycles. The summed E-state index contributed by atoms with van der Waals surface area (Å²) in [5.41, 5.74) is 1.18. The van der Waals surface area contributed by atoms with E-state index in [9.17, 15) is 14.4 Å². The van der Waals surface area contributed by atoms with Crippen molar-refractivity contribution in [2.45, 2.75) is 66.2 Å². The van der Waals surface area contributed by atoms with Gasteiger partial charge in [-0.05, 0) is 58.8 Å². The first-order chi connectivity index (χ1) is 12.7. The van der Waals surface area contributed by atoms with Crippen molar-refractivity contribution in [3.63, 3.8) is 0 Å². The fraction of sp³-hybridized carbons (Fsp3) is 0.571. The van der Waals surface area contributed by atoms with E-state index in [0.717, 1.165) is 25.7 Å². The third-order valence-electron chi connectivity index (χ3n) is 4.30. The molecule has 0 saturated heterocycles. The Balaban J connectivity index is 4.07. The molecule has 0 aliphatic carbocycles. The third-order valence-corrected chi connectivity index (χ3v) is 4.30. The lowest BCUT2D eigenvalue weighted by molar-refractivity contribution is -0.139. The van der Waals surface area contributed by atoms with Gasteiger partial charge < -0.3 is 14.9 Å². The number of hydrogen-bond donors (Lipinski definition) is 2. The van der Waals surface area contributed by atoms with Crippen molar-refractivity contribution in [2.75, 3.05) is 6.61 Å². The minimum absolute atomic E-state index is 0.265. The zero-order valence-corrected chi connectivity index (χ0v) is 16.8. The molecule has 0 aromatic carbocycles. The number of aliphatic carboxylic acids is 2. The molecule has 1 unspecified atom stereocenters. The Morgan fingerprint density at radius 2 is 1.59 bits per heavy atom. The Bertz CT molecular complexity index is 598.